The Bertz CT molecular complexity index is 1260. The van der Waals surface area contributed by atoms with Crippen molar-refractivity contribution in [1.29, 1.82) is 5.26 Å². The average Bonchev–Trinajstić information content (AvgIpc) is 3.44. The molecule has 3 aliphatic rings. The van der Waals surface area contributed by atoms with Crippen molar-refractivity contribution in [2.45, 2.75) is 69.9 Å². The number of piperidine rings is 1. The molecule has 1 aliphatic carbocycles. The number of pyridine rings is 1. The maximum Gasteiger partial charge on any atom is 0.410 e. The predicted molar refractivity (Wildman–Crippen MR) is 159 cm³/mol. The molecule has 2 aliphatic heterocycles. The number of likely N-dealkylation sites (tertiary alicyclic amines) is 1. The first-order valence-electron chi connectivity index (χ1n) is 14.8. The fraction of sp³-hybridized carbons (Fsp3) is 0.562. The van der Waals surface area contributed by atoms with Crippen LogP contribution in [-0.4, -0.2) is 71.7 Å². The number of halogens is 1. The molecule has 2 atom stereocenters. The summed E-state index contributed by atoms with van der Waals surface area (Å²) in [6, 6.07) is 13.3. The van der Waals surface area contributed by atoms with Crippen LogP contribution in [0.4, 0.5) is 10.6 Å². The highest BCUT2D eigenvalue weighted by Crippen LogP contribution is 2.37. The Morgan fingerprint density at radius 2 is 1.76 bits per heavy atom. The number of nitrogens with zero attached hydrogens (tertiary/aromatic N) is 5. The van der Waals surface area contributed by atoms with Gasteiger partial charge in [0.25, 0.3) is 0 Å². The Morgan fingerprint density at radius 3 is 2.37 bits per heavy atom. The topological polar surface area (TPSA) is 89.8 Å². The van der Waals surface area contributed by atoms with Crippen LogP contribution in [0.25, 0.3) is 0 Å². The molecule has 8 nitrogen and oxygen atoms in total. The molecule has 0 bridgehead atoms. The van der Waals surface area contributed by atoms with Gasteiger partial charge < -0.3 is 19.4 Å². The highest BCUT2D eigenvalue weighted by atomic mass is 35.5. The predicted octanol–water partition coefficient (Wildman–Crippen LogP) is 5.85. The van der Waals surface area contributed by atoms with Gasteiger partial charge in [-0.1, -0.05) is 30.7 Å². The molecular weight excluding hydrogens is 538 g/mol. The van der Waals surface area contributed by atoms with Gasteiger partial charge in [0.05, 0.1) is 11.6 Å². The van der Waals surface area contributed by atoms with E-state index in [2.05, 4.69) is 22.9 Å². The van der Waals surface area contributed by atoms with E-state index in [1.807, 2.05) is 49.2 Å². The number of rotatable bonds is 5. The van der Waals surface area contributed by atoms with Gasteiger partial charge in [0.15, 0.2) is 0 Å². The van der Waals surface area contributed by atoms with E-state index in [0.717, 1.165) is 63.0 Å². The highest BCUT2D eigenvalue weighted by Gasteiger charge is 2.44. The van der Waals surface area contributed by atoms with Gasteiger partial charge in [-0.3, -0.25) is 4.79 Å². The Kier molecular flexibility index (Phi) is 8.74. The van der Waals surface area contributed by atoms with Gasteiger partial charge in [-0.05, 0) is 81.2 Å². The van der Waals surface area contributed by atoms with Crippen molar-refractivity contribution in [3.63, 3.8) is 0 Å². The SMILES string of the molecule is CC1CCC(C)(OC(=O)N(C)C2CN(C(=O)C3CCN(c4ccc(C#N)cn4)CC3)CC2c2ccc(Cl)cc2)CC1. The van der Waals surface area contributed by atoms with Crippen molar-refractivity contribution in [1.82, 2.24) is 14.8 Å². The van der Waals surface area contributed by atoms with Crippen molar-refractivity contribution in [3.8, 4) is 6.07 Å². The first-order chi connectivity index (χ1) is 19.7. The highest BCUT2D eigenvalue weighted by molar-refractivity contribution is 6.30. The summed E-state index contributed by atoms with van der Waals surface area (Å²) in [5.41, 5.74) is 1.15. The number of anilines is 1. The van der Waals surface area contributed by atoms with Gasteiger partial charge in [-0.2, -0.15) is 5.26 Å². The number of carbonyl (C=O) groups excluding carboxylic acids is 2. The number of nitriles is 1. The molecule has 3 fully saturated rings. The summed E-state index contributed by atoms with van der Waals surface area (Å²) in [7, 11) is 1.81. The molecule has 5 rings (SSSR count). The van der Waals surface area contributed by atoms with E-state index in [1.165, 1.54) is 0 Å². The summed E-state index contributed by atoms with van der Waals surface area (Å²) in [5.74, 6) is 1.54. The molecule has 1 saturated carbocycles. The molecule has 218 valence electrons. The van der Waals surface area contributed by atoms with Gasteiger partial charge in [0.2, 0.25) is 5.91 Å². The largest absolute Gasteiger partial charge is 0.443 e. The minimum Gasteiger partial charge on any atom is -0.443 e. The minimum absolute atomic E-state index is 0.0316. The molecule has 2 amide bonds. The van der Waals surface area contributed by atoms with Gasteiger partial charge in [-0.15, -0.1) is 0 Å². The maximum atomic E-state index is 13.8. The second kappa shape index (κ2) is 12.3. The smallest absolute Gasteiger partial charge is 0.410 e. The lowest BCUT2D eigenvalue weighted by Crippen LogP contribution is -2.47. The second-order valence-electron chi connectivity index (χ2n) is 12.4. The number of likely N-dealkylation sites (N-methyl/N-ethyl adjacent to an activating group) is 1. The summed E-state index contributed by atoms with van der Waals surface area (Å²) < 4.78 is 6.12. The third kappa shape index (κ3) is 6.62. The number of benzene rings is 1. The Balaban J connectivity index is 1.26. The average molecular weight is 578 g/mol. The molecular formula is C32H40ClN5O3. The lowest BCUT2D eigenvalue weighted by atomic mass is 9.81. The van der Waals surface area contributed by atoms with E-state index >= 15 is 0 Å². The van der Waals surface area contributed by atoms with Crippen LogP contribution < -0.4 is 4.90 Å². The second-order valence-corrected chi connectivity index (χ2v) is 12.8. The number of hydrogen-bond donors (Lipinski definition) is 0. The number of hydrogen-bond acceptors (Lipinski definition) is 6. The molecule has 1 aromatic carbocycles. The van der Waals surface area contributed by atoms with Crippen molar-refractivity contribution in [2.75, 3.05) is 38.1 Å². The summed E-state index contributed by atoms with van der Waals surface area (Å²) in [6.45, 7) is 6.79. The summed E-state index contributed by atoms with van der Waals surface area (Å²) >= 11 is 6.18. The molecule has 0 radical (unpaired) electrons. The van der Waals surface area contributed by atoms with Gasteiger partial charge in [0.1, 0.15) is 17.5 Å². The Hall–Kier alpha value is -3.31. The van der Waals surface area contributed by atoms with E-state index in [1.54, 1.807) is 17.2 Å². The molecule has 2 unspecified atom stereocenters. The Labute approximate surface area is 248 Å². The molecule has 41 heavy (non-hydrogen) atoms. The third-order valence-corrected chi connectivity index (χ3v) is 9.65. The number of aromatic nitrogens is 1. The van der Waals surface area contributed by atoms with Crippen LogP contribution in [0.2, 0.25) is 5.02 Å². The van der Waals surface area contributed by atoms with Crippen LogP contribution in [0.5, 0.6) is 0 Å². The molecule has 3 heterocycles. The third-order valence-electron chi connectivity index (χ3n) is 9.40. The quantitative estimate of drug-likeness (QED) is 0.442. The zero-order valence-corrected chi connectivity index (χ0v) is 25.0. The van der Waals surface area contributed by atoms with E-state index in [0.29, 0.717) is 29.6 Å². The van der Waals surface area contributed by atoms with Crippen LogP contribution in [0.3, 0.4) is 0 Å². The van der Waals surface area contributed by atoms with Crippen molar-refractivity contribution >= 4 is 29.4 Å². The van der Waals surface area contributed by atoms with E-state index in [-0.39, 0.29) is 29.9 Å². The maximum absolute atomic E-state index is 13.8. The van der Waals surface area contributed by atoms with Crippen LogP contribution in [0.1, 0.15) is 69.4 Å². The summed E-state index contributed by atoms with van der Waals surface area (Å²) in [4.78, 5) is 37.5. The molecule has 0 N–H and O–H groups in total. The fourth-order valence-electron chi connectivity index (χ4n) is 6.54. The zero-order chi connectivity index (χ0) is 29.1. The zero-order valence-electron chi connectivity index (χ0n) is 24.3. The standard InChI is InChI=1S/C32H40ClN5O3/c1-22-10-14-32(2,15-11-22)41-31(40)36(3)28-21-38(20-27(28)24-5-7-26(33)8-6-24)30(39)25-12-16-37(17-13-25)29-9-4-23(18-34)19-35-29/h4-9,19,22,25,27-28H,10-17,20-21H2,1-3H3. The number of ether oxygens (including phenoxy) is 1. The van der Waals surface area contributed by atoms with Crippen molar-refractivity contribution in [3.05, 3.63) is 58.7 Å². The van der Waals surface area contributed by atoms with E-state index in [9.17, 15) is 9.59 Å². The van der Waals surface area contributed by atoms with E-state index in [4.69, 9.17) is 21.6 Å². The van der Waals surface area contributed by atoms with Crippen molar-refractivity contribution < 1.29 is 14.3 Å². The van der Waals surface area contributed by atoms with Crippen LogP contribution in [0, 0.1) is 23.2 Å². The lowest BCUT2D eigenvalue weighted by Gasteiger charge is -2.38. The number of amides is 2. The fourth-order valence-corrected chi connectivity index (χ4v) is 6.67. The molecule has 0 spiro atoms. The lowest BCUT2D eigenvalue weighted by molar-refractivity contribution is -0.135. The Morgan fingerprint density at radius 1 is 1.07 bits per heavy atom. The minimum atomic E-state index is -0.445. The first-order valence-corrected chi connectivity index (χ1v) is 15.1. The van der Waals surface area contributed by atoms with E-state index < -0.39 is 5.60 Å². The van der Waals surface area contributed by atoms with Crippen molar-refractivity contribution in [2.24, 2.45) is 11.8 Å². The molecule has 1 aromatic heterocycles. The van der Waals surface area contributed by atoms with Gasteiger partial charge >= 0.3 is 6.09 Å². The van der Waals surface area contributed by atoms with Crippen LogP contribution in [0.15, 0.2) is 42.6 Å². The monoisotopic (exact) mass is 577 g/mol. The summed E-state index contributed by atoms with van der Waals surface area (Å²) in [6.07, 6.45) is 6.62. The molecule has 2 saturated heterocycles. The summed E-state index contributed by atoms with van der Waals surface area (Å²) in [5, 5.41) is 9.70. The first kappa shape index (κ1) is 29.2. The van der Waals surface area contributed by atoms with Crippen LogP contribution in [-0.2, 0) is 9.53 Å². The van der Waals surface area contributed by atoms with Crippen LogP contribution >= 0.6 is 11.6 Å². The molecule has 2 aromatic rings. The van der Waals surface area contributed by atoms with Gasteiger partial charge in [0, 0.05) is 56.3 Å². The number of carbonyl (C=O) groups is 2. The van der Waals surface area contributed by atoms with Gasteiger partial charge in [-0.25, -0.2) is 9.78 Å². The molecule has 9 heteroatoms. The normalized spacial score (nSPS) is 26.9.